The van der Waals surface area contributed by atoms with Gasteiger partial charge in [-0.2, -0.15) is 0 Å². The number of Topliss-reactive ketones (excluding diaryl/α,β-unsaturated/α-hetero) is 1. The van der Waals surface area contributed by atoms with Gasteiger partial charge in [-0.1, -0.05) is 44.2 Å². The van der Waals surface area contributed by atoms with Crippen LogP contribution in [0.4, 0.5) is 0 Å². The van der Waals surface area contributed by atoms with Gasteiger partial charge in [0.05, 0.1) is 18.3 Å². The van der Waals surface area contributed by atoms with Crippen LogP contribution in [0.5, 0.6) is 0 Å². The van der Waals surface area contributed by atoms with Crippen LogP contribution in [0, 0.1) is 23.2 Å². The molecule has 5 rings (SSSR count). The van der Waals surface area contributed by atoms with Crippen molar-refractivity contribution in [2.24, 2.45) is 23.2 Å². The van der Waals surface area contributed by atoms with Gasteiger partial charge in [0.2, 0.25) is 0 Å². The number of rotatable bonds is 6. The maximum Gasteiger partial charge on any atom is 0.336 e. The highest BCUT2D eigenvalue weighted by molar-refractivity contribution is 5.91. The predicted molar refractivity (Wildman–Crippen MR) is 141 cm³/mol. The third kappa shape index (κ3) is 4.85. The second kappa shape index (κ2) is 10.5. The lowest BCUT2D eigenvalue weighted by Gasteiger charge is -2.58. The SMILES string of the molecule is CO[C@H](Cc1ccccc1)C(=O)O[C@H]1CC2(O)CC3C4COC4CC[C@@H]3C(=O)C(OC(C)=O)C(=C1C)C2(C)C. The topological polar surface area (TPSA) is 108 Å². The third-order valence-electron chi connectivity index (χ3n) is 9.89. The summed E-state index contributed by atoms with van der Waals surface area (Å²) in [5, 5.41) is 12.4. The van der Waals surface area contributed by atoms with Crippen molar-refractivity contribution >= 4 is 17.7 Å². The molecule has 0 radical (unpaired) electrons. The molecular formula is C31H40O8. The number of hydrogen-bond donors (Lipinski definition) is 1. The number of esters is 2. The van der Waals surface area contributed by atoms with Gasteiger partial charge in [-0.3, -0.25) is 9.59 Å². The molecule has 0 spiro atoms. The lowest BCUT2D eigenvalue weighted by molar-refractivity contribution is -0.206. The first-order chi connectivity index (χ1) is 18.5. The molecule has 39 heavy (non-hydrogen) atoms. The smallest absolute Gasteiger partial charge is 0.336 e. The highest BCUT2D eigenvalue weighted by Crippen LogP contribution is 2.58. The molecule has 1 aliphatic heterocycles. The predicted octanol–water partition coefficient (Wildman–Crippen LogP) is 3.58. The fourth-order valence-electron chi connectivity index (χ4n) is 7.50. The number of carbonyl (C=O) groups excluding carboxylic acids is 3. The van der Waals surface area contributed by atoms with E-state index in [9.17, 15) is 19.5 Å². The number of ether oxygens (including phenoxy) is 4. The third-order valence-corrected chi connectivity index (χ3v) is 9.89. The molecule has 0 amide bonds. The van der Waals surface area contributed by atoms with Gasteiger partial charge in [0.1, 0.15) is 6.10 Å². The minimum Gasteiger partial charge on any atom is -0.456 e. The summed E-state index contributed by atoms with van der Waals surface area (Å²) in [5.74, 6) is -1.49. The van der Waals surface area contributed by atoms with Crippen molar-refractivity contribution in [2.45, 2.75) is 89.8 Å². The summed E-state index contributed by atoms with van der Waals surface area (Å²) in [7, 11) is 1.47. The van der Waals surface area contributed by atoms with Crippen LogP contribution in [0.2, 0.25) is 0 Å². The van der Waals surface area contributed by atoms with E-state index in [4.69, 9.17) is 18.9 Å². The zero-order chi connectivity index (χ0) is 28.1. The second-order valence-electron chi connectivity index (χ2n) is 12.3. The summed E-state index contributed by atoms with van der Waals surface area (Å²) < 4.78 is 23.1. The van der Waals surface area contributed by atoms with Crippen molar-refractivity contribution in [1.29, 1.82) is 0 Å². The van der Waals surface area contributed by atoms with Crippen LogP contribution in [-0.4, -0.2) is 66.6 Å². The molecule has 1 aromatic rings. The lowest BCUT2D eigenvalue weighted by atomic mass is 9.51. The number of carbonyl (C=O) groups is 3. The molecule has 1 saturated heterocycles. The quantitative estimate of drug-likeness (QED) is 0.431. The summed E-state index contributed by atoms with van der Waals surface area (Å²) in [6, 6.07) is 9.55. The maximum atomic E-state index is 14.1. The Balaban J connectivity index is 1.52. The maximum absolute atomic E-state index is 14.1. The first-order valence-electron chi connectivity index (χ1n) is 14.0. The fourth-order valence-corrected chi connectivity index (χ4v) is 7.50. The normalized spacial score (nSPS) is 35.9. The second-order valence-corrected chi connectivity index (χ2v) is 12.3. The lowest BCUT2D eigenvalue weighted by Crippen LogP contribution is -2.63. The minimum absolute atomic E-state index is 0.0896. The molecule has 8 nitrogen and oxygen atoms in total. The summed E-state index contributed by atoms with van der Waals surface area (Å²) in [6.45, 7) is 7.47. The van der Waals surface area contributed by atoms with Crippen LogP contribution in [-0.2, 0) is 39.8 Å². The van der Waals surface area contributed by atoms with Crippen molar-refractivity contribution in [3.63, 3.8) is 0 Å². The standard InChI is InChI=1S/C31H40O8/c1-17-25(39-29(34)24(36-5)13-19-9-7-6-8-10-19)15-31(35)14-21-20(11-12-23-22(21)16-37-23)27(33)28(38-18(2)32)26(17)30(31,3)4/h6-10,20-25,28,35H,11-16H2,1-5H3/t20-,21?,22?,23?,24+,25-,28?,31?/m0/s1. The van der Waals surface area contributed by atoms with Gasteiger partial charge in [0, 0.05) is 44.1 Å². The molecule has 4 aliphatic rings. The minimum atomic E-state index is -1.30. The molecule has 2 saturated carbocycles. The van der Waals surface area contributed by atoms with Crippen LogP contribution in [0.25, 0.3) is 0 Å². The van der Waals surface area contributed by atoms with Crippen LogP contribution < -0.4 is 0 Å². The van der Waals surface area contributed by atoms with E-state index in [0.29, 0.717) is 37.0 Å². The highest BCUT2D eigenvalue weighted by Gasteiger charge is 2.62. The Bertz CT molecular complexity index is 1160. The Hall–Kier alpha value is -2.55. The Morgan fingerprint density at radius 3 is 2.44 bits per heavy atom. The number of aliphatic hydroxyl groups is 1. The molecule has 212 valence electrons. The Labute approximate surface area is 230 Å². The van der Waals surface area contributed by atoms with E-state index in [0.717, 1.165) is 12.0 Å². The van der Waals surface area contributed by atoms with Gasteiger partial charge < -0.3 is 24.1 Å². The first-order valence-corrected chi connectivity index (χ1v) is 14.0. The van der Waals surface area contributed by atoms with Crippen molar-refractivity contribution < 1.29 is 38.4 Å². The summed E-state index contributed by atoms with van der Waals surface area (Å²) in [4.78, 5) is 39.8. The highest BCUT2D eigenvalue weighted by atomic mass is 16.6. The molecule has 1 N–H and O–H groups in total. The zero-order valence-corrected chi connectivity index (χ0v) is 23.5. The monoisotopic (exact) mass is 540 g/mol. The number of methoxy groups -OCH3 is 1. The van der Waals surface area contributed by atoms with Crippen LogP contribution in [0.3, 0.4) is 0 Å². The van der Waals surface area contributed by atoms with E-state index in [1.165, 1.54) is 14.0 Å². The number of hydrogen-bond acceptors (Lipinski definition) is 8. The Kier molecular flexibility index (Phi) is 7.50. The average Bonchev–Trinajstić information content (AvgIpc) is 2.86. The molecule has 1 heterocycles. The zero-order valence-electron chi connectivity index (χ0n) is 23.5. The number of benzene rings is 1. The fraction of sp³-hybridized carbons (Fsp3) is 0.645. The Morgan fingerprint density at radius 2 is 1.82 bits per heavy atom. The van der Waals surface area contributed by atoms with Gasteiger partial charge in [-0.25, -0.2) is 4.79 Å². The van der Waals surface area contributed by atoms with E-state index in [2.05, 4.69) is 0 Å². The van der Waals surface area contributed by atoms with Gasteiger partial charge in [0.25, 0.3) is 0 Å². The molecular weight excluding hydrogens is 500 g/mol. The van der Waals surface area contributed by atoms with Crippen molar-refractivity contribution in [1.82, 2.24) is 0 Å². The molecule has 2 bridgehead atoms. The van der Waals surface area contributed by atoms with Crippen LogP contribution >= 0.6 is 0 Å². The van der Waals surface area contributed by atoms with Crippen LogP contribution in [0.1, 0.15) is 58.9 Å². The summed E-state index contributed by atoms with van der Waals surface area (Å²) >= 11 is 0. The van der Waals surface area contributed by atoms with E-state index in [1.54, 1.807) is 0 Å². The van der Waals surface area contributed by atoms with Gasteiger partial charge in [-0.15, -0.1) is 0 Å². The van der Waals surface area contributed by atoms with E-state index < -0.39 is 41.3 Å². The van der Waals surface area contributed by atoms with Crippen molar-refractivity contribution in [2.75, 3.05) is 13.7 Å². The molecule has 8 heteroatoms. The molecule has 8 atom stereocenters. The van der Waals surface area contributed by atoms with Crippen molar-refractivity contribution in [3.8, 4) is 0 Å². The first kappa shape index (κ1) is 28.0. The molecule has 3 aliphatic carbocycles. The largest absolute Gasteiger partial charge is 0.456 e. The molecule has 3 fully saturated rings. The number of ketones is 1. The molecule has 1 aromatic carbocycles. The van der Waals surface area contributed by atoms with Gasteiger partial charge in [-0.05, 0) is 48.8 Å². The van der Waals surface area contributed by atoms with Gasteiger partial charge in [0.15, 0.2) is 18.0 Å². The van der Waals surface area contributed by atoms with Crippen LogP contribution in [0.15, 0.2) is 41.5 Å². The number of fused-ring (bicyclic) bond motifs is 5. The van der Waals surface area contributed by atoms with Gasteiger partial charge >= 0.3 is 11.9 Å². The van der Waals surface area contributed by atoms with Crippen molar-refractivity contribution in [3.05, 3.63) is 47.0 Å². The molecule has 5 unspecified atom stereocenters. The molecule has 0 aromatic heterocycles. The van der Waals surface area contributed by atoms with E-state index in [1.807, 2.05) is 51.1 Å². The Morgan fingerprint density at radius 1 is 1.10 bits per heavy atom. The van der Waals surface area contributed by atoms with E-state index >= 15 is 0 Å². The summed E-state index contributed by atoms with van der Waals surface area (Å²) in [5.41, 5.74) is -0.0776. The van der Waals surface area contributed by atoms with E-state index in [-0.39, 0.29) is 36.1 Å². The average molecular weight is 541 g/mol. The summed E-state index contributed by atoms with van der Waals surface area (Å²) in [6.07, 6.45) is -0.343.